The molecule has 0 saturated carbocycles. The summed E-state index contributed by atoms with van der Waals surface area (Å²) in [7, 11) is 0. The highest BCUT2D eigenvalue weighted by Crippen LogP contribution is 2.17. The molecule has 0 fully saturated rings. The molecule has 88 valence electrons. The minimum absolute atomic E-state index is 0.152. The maximum Gasteiger partial charge on any atom is 0.340 e. The van der Waals surface area contributed by atoms with E-state index in [4.69, 9.17) is 10.5 Å². The second-order valence-electron chi connectivity index (χ2n) is 3.49. The molecule has 5 heteroatoms. The van der Waals surface area contributed by atoms with Gasteiger partial charge in [-0.05, 0) is 25.1 Å². The van der Waals surface area contributed by atoms with Crippen LogP contribution in [0.15, 0.2) is 30.5 Å². The van der Waals surface area contributed by atoms with E-state index in [1.807, 2.05) is 6.07 Å². The molecule has 0 aromatic carbocycles. The van der Waals surface area contributed by atoms with Gasteiger partial charge in [0.2, 0.25) is 0 Å². The lowest BCUT2D eigenvalue weighted by Gasteiger charge is -2.02. The van der Waals surface area contributed by atoms with Crippen LogP contribution in [-0.4, -0.2) is 22.9 Å². The first kappa shape index (κ1) is 11.2. The van der Waals surface area contributed by atoms with E-state index in [0.29, 0.717) is 0 Å². The van der Waals surface area contributed by atoms with E-state index in [9.17, 15) is 9.59 Å². The van der Waals surface area contributed by atoms with Crippen LogP contribution in [0.3, 0.4) is 0 Å². The molecule has 0 spiro atoms. The van der Waals surface area contributed by atoms with E-state index in [0.717, 1.165) is 5.52 Å². The minimum atomic E-state index is -0.653. The molecule has 17 heavy (non-hydrogen) atoms. The number of esters is 1. The molecular formula is C12H12N2O3. The van der Waals surface area contributed by atoms with Gasteiger partial charge in [-0.2, -0.15) is 0 Å². The van der Waals surface area contributed by atoms with Crippen LogP contribution in [0, 0.1) is 0 Å². The molecule has 2 heterocycles. The normalized spacial score (nSPS) is 10.4. The molecule has 0 saturated heterocycles. The van der Waals surface area contributed by atoms with Gasteiger partial charge in [0.15, 0.2) is 0 Å². The number of ether oxygens (including phenoxy) is 1. The lowest BCUT2D eigenvalue weighted by atomic mass is 10.2. The Balaban J connectivity index is 2.66. The summed E-state index contributed by atoms with van der Waals surface area (Å²) in [5.41, 5.74) is 6.37. The van der Waals surface area contributed by atoms with Crippen molar-refractivity contribution in [2.75, 3.05) is 6.61 Å². The van der Waals surface area contributed by atoms with Crippen molar-refractivity contribution in [3.05, 3.63) is 41.7 Å². The third kappa shape index (κ3) is 1.87. The molecular weight excluding hydrogens is 220 g/mol. The van der Waals surface area contributed by atoms with Gasteiger partial charge in [0, 0.05) is 11.7 Å². The van der Waals surface area contributed by atoms with Gasteiger partial charge in [0.05, 0.1) is 12.2 Å². The van der Waals surface area contributed by atoms with Crippen LogP contribution in [0.5, 0.6) is 0 Å². The van der Waals surface area contributed by atoms with Gasteiger partial charge in [0.25, 0.3) is 5.91 Å². The molecule has 1 amide bonds. The van der Waals surface area contributed by atoms with Crippen LogP contribution in [0.1, 0.15) is 27.8 Å². The number of pyridine rings is 1. The lowest BCUT2D eigenvalue weighted by Crippen LogP contribution is -2.18. The van der Waals surface area contributed by atoms with Gasteiger partial charge in [0.1, 0.15) is 5.69 Å². The van der Waals surface area contributed by atoms with Crippen LogP contribution in [0.4, 0.5) is 0 Å². The highest BCUT2D eigenvalue weighted by atomic mass is 16.5. The van der Waals surface area contributed by atoms with Crippen molar-refractivity contribution in [3.63, 3.8) is 0 Å². The fraction of sp³-hybridized carbons (Fsp3) is 0.167. The van der Waals surface area contributed by atoms with Gasteiger partial charge in [-0.3, -0.25) is 4.79 Å². The molecule has 0 aliphatic carbocycles. The Bertz CT molecular complexity index is 586. The van der Waals surface area contributed by atoms with Gasteiger partial charge >= 0.3 is 5.97 Å². The number of nitrogens with two attached hydrogens (primary N) is 1. The summed E-state index contributed by atoms with van der Waals surface area (Å²) in [6.45, 7) is 1.96. The Kier molecular flexibility index (Phi) is 2.82. The van der Waals surface area contributed by atoms with E-state index in [1.165, 1.54) is 0 Å². The average Bonchev–Trinajstić information content (AvgIpc) is 2.68. The number of amides is 1. The summed E-state index contributed by atoms with van der Waals surface area (Å²) in [6.07, 6.45) is 1.68. The van der Waals surface area contributed by atoms with E-state index >= 15 is 0 Å². The van der Waals surface area contributed by atoms with Crippen molar-refractivity contribution in [3.8, 4) is 0 Å². The van der Waals surface area contributed by atoms with E-state index < -0.39 is 11.9 Å². The maximum atomic E-state index is 11.7. The summed E-state index contributed by atoms with van der Waals surface area (Å²) in [5, 5.41) is 0. The highest BCUT2D eigenvalue weighted by molar-refractivity contribution is 6.05. The zero-order valence-corrected chi connectivity index (χ0v) is 9.34. The number of nitrogens with zero attached hydrogens (tertiary/aromatic N) is 1. The van der Waals surface area contributed by atoms with Crippen molar-refractivity contribution in [2.24, 2.45) is 5.73 Å². The predicted molar refractivity (Wildman–Crippen MR) is 61.9 cm³/mol. The Hall–Kier alpha value is -2.30. The third-order valence-corrected chi connectivity index (χ3v) is 2.41. The Labute approximate surface area is 97.8 Å². The molecule has 2 aromatic rings. The zero-order valence-electron chi connectivity index (χ0n) is 9.34. The average molecular weight is 232 g/mol. The molecule has 2 aromatic heterocycles. The summed E-state index contributed by atoms with van der Waals surface area (Å²) in [6, 6.07) is 6.96. The largest absolute Gasteiger partial charge is 0.462 e. The Morgan fingerprint density at radius 2 is 2.18 bits per heavy atom. The number of rotatable bonds is 3. The van der Waals surface area contributed by atoms with Crippen molar-refractivity contribution in [1.82, 2.24) is 4.40 Å². The van der Waals surface area contributed by atoms with Crippen LogP contribution in [0.25, 0.3) is 5.52 Å². The van der Waals surface area contributed by atoms with Gasteiger partial charge in [-0.1, -0.05) is 6.07 Å². The van der Waals surface area contributed by atoms with Crippen molar-refractivity contribution < 1.29 is 14.3 Å². The number of fused-ring (bicyclic) bond motifs is 1. The zero-order chi connectivity index (χ0) is 12.4. The lowest BCUT2D eigenvalue weighted by molar-refractivity contribution is 0.0523. The van der Waals surface area contributed by atoms with E-state index in [1.54, 1.807) is 35.7 Å². The minimum Gasteiger partial charge on any atom is -0.462 e. The highest BCUT2D eigenvalue weighted by Gasteiger charge is 2.21. The van der Waals surface area contributed by atoms with E-state index in [2.05, 4.69) is 0 Å². The summed E-state index contributed by atoms with van der Waals surface area (Å²) >= 11 is 0. The molecule has 0 atom stereocenters. The predicted octanol–water partition coefficient (Wildman–Crippen LogP) is 1.21. The van der Waals surface area contributed by atoms with Gasteiger partial charge in [-0.15, -0.1) is 0 Å². The fourth-order valence-electron chi connectivity index (χ4n) is 1.74. The first-order valence-corrected chi connectivity index (χ1v) is 5.22. The molecule has 0 bridgehead atoms. The number of carbonyl (C=O) groups is 2. The monoisotopic (exact) mass is 232 g/mol. The Morgan fingerprint density at radius 3 is 2.82 bits per heavy atom. The van der Waals surface area contributed by atoms with Gasteiger partial charge in [-0.25, -0.2) is 4.79 Å². The molecule has 2 rings (SSSR count). The topological polar surface area (TPSA) is 73.8 Å². The number of hydrogen-bond donors (Lipinski definition) is 1. The summed E-state index contributed by atoms with van der Waals surface area (Å²) < 4.78 is 6.47. The van der Waals surface area contributed by atoms with Gasteiger partial charge < -0.3 is 14.9 Å². The quantitative estimate of drug-likeness (QED) is 0.808. The summed E-state index contributed by atoms with van der Waals surface area (Å²) in [5.74, 6) is -1.19. The number of primary amides is 1. The first-order chi connectivity index (χ1) is 8.15. The number of hydrogen-bond acceptors (Lipinski definition) is 3. The van der Waals surface area contributed by atoms with Crippen LogP contribution >= 0.6 is 0 Å². The van der Waals surface area contributed by atoms with Crippen LogP contribution < -0.4 is 5.73 Å². The molecule has 2 N–H and O–H groups in total. The Morgan fingerprint density at radius 1 is 1.41 bits per heavy atom. The molecule has 0 aliphatic rings. The van der Waals surface area contributed by atoms with E-state index in [-0.39, 0.29) is 17.9 Å². The third-order valence-electron chi connectivity index (χ3n) is 2.41. The van der Waals surface area contributed by atoms with Crippen molar-refractivity contribution in [2.45, 2.75) is 6.92 Å². The second-order valence-corrected chi connectivity index (χ2v) is 3.49. The number of aromatic nitrogens is 1. The second kappa shape index (κ2) is 4.29. The first-order valence-electron chi connectivity index (χ1n) is 5.22. The SMILES string of the molecule is CCOC(=O)c1cc2ccccn2c1C(N)=O. The van der Waals surface area contributed by atoms with Crippen LogP contribution in [0.2, 0.25) is 0 Å². The standard InChI is InChI=1S/C12H12N2O3/c1-2-17-12(16)9-7-8-5-3-4-6-14(8)10(9)11(13)15/h3-7H,2H2,1H3,(H2,13,15). The van der Waals surface area contributed by atoms with Crippen molar-refractivity contribution >= 4 is 17.4 Å². The fourth-order valence-corrected chi connectivity index (χ4v) is 1.74. The smallest absolute Gasteiger partial charge is 0.340 e. The molecule has 0 radical (unpaired) electrons. The molecule has 5 nitrogen and oxygen atoms in total. The molecule has 0 unspecified atom stereocenters. The van der Waals surface area contributed by atoms with Crippen LogP contribution in [-0.2, 0) is 4.74 Å². The summed E-state index contributed by atoms with van der Waals surface area (Å²) in [4.78, 5) is 23.1. The molecule has 0 aliphatic heterocycles. The number of carbonyl (C=O) groups excluding carboxylic acids is 2. The maximum absolute atomic E-state index is 11.7. The van der Waals surface area contributed by atoms with Crippen molar-refractivity contribution in [1.29, 1.82) is 0 Å².